The van der Waals surface area contributed by atoms with Crippen LogP contribution < -0.4 is 0 Å². The third kappa shape index (κ3) is 4.40. The van der Waals surface area contributed by atoms with Gasteiger partial charge in [0.05, 0.1) is 0 Å². The Bertz CT molecular complexity index is 355. The summed E-state index contributed by atoms with van der Waals surface area (Å²) in [6, 6.07) is 3.90. The van der Waals surface area contributed by atoms with E-state index in [-0.39, 0.29) is 12.6 Å². The predicted octanol–water partition coefficient (Wildman–Crippen LogP) is 2.56. The van der Waals surface area contributed by atoms with Gasteiger partial charge in [-0.15, -0.1) is 0 Å². The smallest absolute Gasteiger partial charge is 0.130 e. The highest BCUT2D eigenvalue weighted by molar-refractivity contribution is 5.18. The predicted molar refractivity (Wildman–Crippen MR) is 63.6 cm³/mol. The molecular formula is C13H19F2NO. The van der Waals surface area contributed by atoms with Gasteiger partial charge in [-0.25, -0.2) is 8.78 Å². The zero-order valence-corrected chi connectivity index (χ0v) is 10.3. The molecule has 0 aliphatic rings. The second-order valence-corrected chi connectivity index (χ2v) is 4.38. The van der Waals surface area contributed by atoms with Crippen molar-refractivity contribution in [2.75, 3.05) is 13.2 Å². The molecule has 0 saturated carbocycles. The lowest BCUT2D eigenvalue weighted by molar-refractivity contribution is 0.183. The summed E-state index contributed by atoms with van der Waals surface area (Å²) in [6.45, 7) is 5.28. The van der Waals surface area contributed by atoms with E-state index in [1.165, 1.54) is 12.1 Å². The highest BCUT2D eigenvalue weighted by Gasteiger charge is 2.12. The van der Waals surface area contributed by atoms with Gasteiger partial charge in [0.15, 0.2) is 0 Å². The minimum atomic E-state index is -0.558. The van der Waals surface area contributed by atoms with E-state index in [1.807, 2.05) is 18.7 Å². The van der Waals surface area contributed by atoms with Crippen LogP contribution in [0.4, 0.5) is 8.78 Å². The number of nitrogens with zero attached hydrogens (tertiary/aromatic N) is 1. The molecule has 0 unspecified atom stereocenters. The summed E-state index contributed by atoms with van der Waals surface area (Å²) in [5, 5.41) is 8.80. The highest BCUT2D eigenvalue weighted by atomic mass is 19.1. The Morgan fingerprint density at radius 1 is 1.29 bits per heavy atom. The van der Waals surface area contributed by atoms with Crippen molar-refractivity contribution >= 4 is 0 Å². The van der Waals surface area contributed by atoms with Gasteiger partial charge >= 0.3 is 0 Å². The maximum Gasteiger partial charge on any atom is 0.130 e. The lowest BCUT2D eigenvalue weighted by atomic mass is 10.1. The largest absolute Gasteiger partial charge is 0.396 e. The molecule has 1 aromatic carbocycles. The number of hydrogen-bond acceptors (Lipinski definition) is 2. The molecule has 1 aromatic rings. The maximum absolute atomic E-state index is 13.5. The van der Waals surface area contributed by atoms with E-state index >= 15 is 0 Å². The van der Waals surface area contributed by atoms with Gasteiger partial charge in [-0.3, -0.25) is 4.90 Å². The van der Waals surface area contributed by atoms with E-state index in [0.29, 0.717) is 25.1 Å². The summed E-state index contributed by atoms with van der Waals surface area (Å²) >= 11 is 0. The van der Waals surface area contributed by atoms with Gasteiger partial charge < -0.3 is 5.11 Å². The maximum atomic E-state index is 13.5. The first kappa shape index (κ1) is 14.1. The van der Waals surface area contributed by atoms with E-state index in [0.717, 1.165) is 6.07 Å². The standard InChI is InChI=1S/C13H19F2NO/c1-10(2)16(6-3-7-17)9-11-4-5-12(14)8-13(11)15/h4-5,8,10,17H,3,6-7,9H2,1-2H3. The van der Waals surface area contributed by atoms with Crippen LogP contribution in [0.3, 0.4) is 0 Å². The van der Waals surface area contributed by atoms with Crippen LogP contribution in [0.1, 0.15) is 25.8 Å². The van der Waals surface area contributed by atoms with Crippen LogP contribution in [0.5, 0.6) is 0 Å². The van der Waals surface area contributed by atoms with Crippen molar-refractivity contribution < 1.29 is 13.9 Å². The van der Waals surface area contributed by atoms with Gasteiger partial charge in [0.25, 0.3) is 0 Å². The van der Waals surface area contributed by atoms with Crippen LogP contribution in [0.25, 0.3) is 0 Å². The molecular weight excluding hydrogens is 224 g/mol. The molecule has 0 amide bonds. The Labute approximate surface area is 101 Å². The Kier molecular flexibility index (Phi) is 5.51. The van der Waals surface area contributed by atoms with Crippen molar-refractivity contribution in [1.82, 2.24) is 4.90 Å². The summed E-state index contributed by atoms with van der Waals surface area (Å²) in [5.41, 5.74) is 0.484. The number of aliphatic hydroxyl groups is 1. The molecule has 4 heteroatoms. The van der Waals surface area contributed by atoms with E-state index in [4.69, 9.17) is 5.11 Å². The lowest BCUT2D eigenvalue weighted by Gasteiger charge is -2.26. The summed E-state index contributed by atoms with van der Waals surface area (Å²) in [5.74, 6) is -1.07. The van der Waals surface area contributed by atoms with Crippen LogP contribution in [-0.2, 0) is 6.54 Å². The average Bonchev–Trinajstić information content (AvgIpc) is 2.26. The molecule has 0 fully saturated rings. The number of aliphatic hydroxyl groups excluding tert-OH is 1. The van der Waals surface area contributed by atoms with Crippen LogP contribution in [-0.4, -0.2) is 29.2 Å². The van der Waals surface area contributed by atoms with Crippen LogP contribution in [0.15, 0.2) is 18.2 Å². The van der Waals surface area contributed by atoms with E-state index < -0.39 is 11.6 Å². The minimum absolute atomic E-state index is 0.120. The zero-order chi connectivity index (χ0) is 12.8. The van der Waals surface area contributed by atoms with Crippen molar-refractivity contribution in [2.24, 2.45) is 0 Å². The fourth-order valence-corrected chi connectivity index (χ4v) is 1.66. The van der Waals surface area contributed by atoms with Gasteiger partial charge in [0, 0.05) is 37.4 Å². The Balaban J connectivity index is 2.71. The molecule has 0 radical (unpaired) electrons. The summed E-state index contributed by atoms with van der Waals surface area (Å²) < 4.78 is 26.2. The molecule has 0 aromatic heterocycles. The first-order valence-corrected chi connectivity index (χ1v) is 5.83. The van der Waals surface area contributed by atoms with E-state index in [2.05, 4.69) is 0 Å². The van der Waals surface area contributed by atoms with Crippen molar-refractivity contribution in [2.45, 2.75) is 32.9 Å². The third-order valence-electron chi connectivity index (χ3n) is 2.72. The van der Waals surface area contributed by atoms with Crippen molar-refractivity contribution in [3.63, 3.8) is 0 Å². The molecule has 0 bridgehead atoms. The second-order valence-electron chi connectivity index (χ2n) is 4.38. The Morgan fingerprint density at radius 3 is 2.53 bits per heavy atom. The minimum Gasteiger partial charge on any atom is -0.396 e. The highest BCUT2D eigenvalue weighted by Crippen LogP contribution is 2.14. The van der Waals surface area contributed by atoms with Crippen molar-refractivity contribution in [3.05, 3.63) is 35.4 Å². The summed E-state index contributed by atoms with van der Waals surface area (Å²) in [4.78, 5) is 2.05. The Morgan fingerprint density at radius 2 is 2.00 bits per heavy atom. The molecule has 0 aliphatic carbocycles. The monoisotopic (exact) mass is 243 g/mol. The molecule has 0 heterocycles. The Hall–Kier alpha value is -1.00. The van der Waals surface area contributed by atoms with E-state index in [1.54, 1.807) is 0 Å². The van der Waals surface area contributed by atoms with Gasteiger partial charge in [-0.05, 0) is 26.3 Å². The number of rotatable bonds is 6. The molecule has 17 heavy (non-hydrogen) atoms. The fraction of sp³-hybridized carbons (Fsp3) is 0.538. The van der Waals surface area contributed by atoms with E-state index in [9.17, 15) is 8.78 Å². The molecule has 1 rings (SSSR count). The van der Waals surface area contributed by atoms with Crippen LogP contribution in [0, 0.1) is 11.6 Å². The van der Waals surface area contributed by atoms with Gasteiger partial charge in [-0.2, -0.15) is 0 Å². The summed E-state index contributed by atoms with van der Waals surface area (Å²) in [7, 11) is 0. The SMILES string of the molecule is CC(C)N(CCCO)Cc1ccc(F)cc1F. The molecule has 2 nitrogen and oxygen atoms in total. The summed E-state index contributed by atoms with van der Waals surface area (Å²) in [6.07, 6.45) is 0.654. The zero-order valence-electron chi connectivity index (χ0n) is 10.3. The molecule has 1 N–H and O–H groups in total. The van der Waals surface area contributed by atoms with Gasteiger partial charge in [0.1, 0.15) is 11.6 Å². The number of halogens is 2. The molecule has 96 valence electrons. The quantitative estimate of drug-likeness (QED) is 0.830. The number of benzene rings is 1. The normalized spacial score (nSPS) is 11.5. The van der Waals surface area contributed by atoms with Crippen LogP contribution >= 0.6 is 0 Å². The first-order chi connectivity index (χ1) is 8.04. The van der Waals surface area contributed by atoms with Crippen molar-refractivity contribution in [3.8, 4) is 0 Å². The fourth-order valence-electron chi connectivity index (χ4n) is 1.66. The molecule has 0 aliphatic heterocycles. The second kappa shape index (κ2) is 6.67. The van der Waals surface area contributed by atoms with Gasteiger partial charge in [-0.1, -0.05) is 6.07 Å². The molecule has 0 saturated heterocycles. The first-order valence-electron chi connectivity index (χ1n) is 5.83. The van der Waals surface area contributed by atoms with Gasteiger partial charge in [0.2, 0.25) is 0 Å². The van der Waals surface area contributed by atoms with Crippen molar-refractivity contribution in [1.29, 1.82) is 0 Å². The average molecular weight is 243 g/mol. The number of hydrogen-bond donors (Lipinski definition) is 1. The van der Waals surface area contributed by atoms with Crippen LogP contribution in [0.2, 0.25) is 0 Å². The molecule has 0 spiro atoms. The lowest BCUT2D eigenvalue weighted by Crippen LogP contribution is -2.32. The third-order valence-corrected chi connectivity index (χ3v) is 2.72. The molecule has 0 atom stereocenters. The topological polar surface area (TPSA) is 23.5 Å².